The molecule has 0 saturated carbocycles. The van der Waals surface area contributed by atoms with Crippen LogP contribution in [0.5, 0.6) is 0 Å². The van der Waals surface area contributed by atoms with Crippen LogP contribution in [0, 0.1) is 0 Å². The molecule has 0 bridgehead atoms. The highest BCUT2D eigenvalue weighted by Crippen LogP contribution is 2.33. The van der Waals surface area contributed by atoms with Crippen LogP contribution >= 0.6 is 11.3 Å². The lowest BCUT2D eigenvalue weighted by Crippen LogP contribution is -2.23. The van der Waals surface area contributed by atoms with Gasteiger partial charge in [0.15, 0.2) is 5.13 Å². The van der Waals surface area contributed by atoms with Crippen molar-refractivity contribution < 1.29 is 9.59 Å². The molecule has 0 saturated heterocycles. The summed E-state index contributed by atoms with van der Waals surface area (Å²) >= 11 is 1.38. The van der Waals surface area contributed by atoms with Crippen LogP contribution < -0.4 is 5.32 Å². The van der Waals surface area contributed by atoms with Crippen LogP contribution in [0.3, 0.4) is 0 Å². The Hall–Kier alpha value is -2.67. The summed E-state index contributed by atoms with van der Waals surface area (Å²) in [4.78, 5) is 28.4. The molecule has 1 atom stereocenters. The van der Waals surface area contributed by atoms with E-state index < -0.39 is 0 Å². The molecule has 0 fully saturated rings. The lowest BCUT2D eigenvalue weighted by molar-refractivity contribution is -0.115. The zero-order valence-corrected chi connectivity index (χ0v) is 15.0. The zero-order valence-electron chi connectivity index (χ0n) is 14.1. The quantitative estimate of drug-likeness (QED) is 0.881. The number of hydrogen-bond donors (Lipinski definition) is 1. The van der Waals surface area contributed by atoms with Gasteiger partial charge in [0.25, 0.3) is 11.8 Å². The first kappa shape index (κ1) is 16.8. The largest absolute Gasteiger partial charge is 0.298 e. The molecule has 7 heteroatoms. The lowest BCUT2D eigenvalue weighted by Gasteiger charge is -2.25. The Morgan fingerprint density at radius 3 is 3.00 bits per heavy atom. The number of aromatic nitrogens is 1. The van der Waals surface area contributed by atoms with Gasteiger partial charge in [0, 0.05) is 29.1 Å². The number of azo groups is 1. The number of carbonyl (C=O) groups excluding carboxylic acids is 2. The Morgan fingerprint density at radius 1 is 1.27 bits per heavy atom. The number of carbonyl (C=O) groups is 2. The van der Waals surface area contributed by atoms with E-state index in [-0.39, 0.29) is 17.9 Å². The molecule has 0 radical (unpaired) electrons. The highest BCUT2D eigenvalue weighted by Gasteiger charge is 2.28. The van der Waals surface area contributed by atoms with E-state index in [1.165, 1.54) is 11.3 Å². The molecule has 2 amide bonds. The molecule has 132 valence electrons. The summed E-state index contributed by atoms with van der Waals surface area (Å²) in [5, 5.41) is 13.3. The normalized spacial score (nSPS) is 19.4. The smallest absolute Gasteiger partial charge is 0.291 e. The van der Waals surface area contributed by atoms with Gasteiger partial charge in [-0.2, -0.15) is 5.11 Å². The third-order valence-electron chi connectivity index (χ3n) is 4.73. The molecule has 1 aliphatic carbocycles. The van der Waals surface area contributed by atoms with Crippen LogP contribution in [0.2, 0.25) is 0 Å². The molecule has 2 heterocycles. The standard InChI is InChI=1S/C19H18N4O2S/c24-17(21-19-20-8-9-26-19)13-5-3-4-12(10-13)11-16-14-6-1-2-7-15(14)18(25)23-22-16/h3-5,8-10,16H,1-2,6-7,11H2,(H,20,21,24). The number of benzene rings is 1. The zero-order chi connectivity index (χ0) is 17.9. The SMILES string of the molecule is O=C1N=NC(Cc2cccc(C(=O)Nc3nccs3)c2)C2=C1CCCC2. The maximum Gasteiger partial charge on any atom is 0.291 e. The molecule has 1 aromatic carbocycles. The second-order valence-corrected chi connectivity index (χ2v) is 7.34. The van der Waals surface area contributed by atoms with Crippen molar-refractivity contribution in [2.45, 2.75) is 38.1 Å². The lowest BCUT2D eigenvalue weighted by atomic mass is 9.84. The fourth-order valence-corrected chi connectivity index (χ4v) is 4.00. The van der Waals surface area contributed by atoms with Crippen LogP contribution in [0.1, 0.15) is 41.6 Å². The number of amides is 2. The Balaban J connectivity index is 1.52. The summed E-state index contributed by atoms with van der Waals surface area (Å²) in [5.41, 5.74) is 3.58. The second kappa shape index (κ2) is 7.29. The first-order valence-corrected chi connectivity index (χ1v) is 9.55. The Kier molecular flexibility index (Phi) is 4.71. The number of rotatable bonds is 4. The van der Waals surface area contributed by atoms with Crippen LogP contribution in [0.15, 0.2) is 57.2 Å². The van der Waals surface area contributed by atoms with Gasteiger partial charge in [0.2, 0.25) is 0 Å². The van der Waals surface area contributed by atoms with E-state index in [2.05, 4.69) is 20.5 Å². The minimum absolute atomic E-state index is 0.0970. The molecule has 1 aromatic heterocycles. The third kappa shape index (κ3) is 3.48. The van der Waals surface area contributed by atoms with Gasteiger partial charge in [-0.25, -0.2) is 4.98 Å². The molecule has 2 aromatic rings. The average molecular weight is 366 g/mol. The number of thiazole rings is 1. The van der Waals surface area contributed by atoms with E-state index in [4.69, 9.17) is 0 Å². The van der Waals surface area contributed by atoms with Gasteiger partial charge in [0.05, 0.1) is 6.04 Å². The van der Waals surface area contributed by atoms with Crippen LogP contribution in [-0.2, 0) is 11.2 Å². The van der Waals surface area contributed by atoms with E-state index in [1.807, 2.05) is 23.6 Å². The van der Waals surface area contributed by atoms with Crippen molar-refractivity contribution in [3.63, 3.8) is 0 Å². The van der Waals surface area contributed by atoms with E-state index in [0.717, 1.165) is 42.4 Å². The third-order valence-corrected chi connectivity index (χ3v) is 5.42. The fraction of sp³-hybridized carbons (Fsp3) is 0.316. The Labute approximate surface area is 155 Å². The summed E-state index contributed by atoms with van der Waals surface area (Å²) in [6.45, 7) is 0. The monoisotopic (exact) mass is 366 g/mol. The van der Waals surface area contributed by atoms with E-state index in [1.54, 1.807) is 12.3 Å². The van der Waals surface area contributed by atoms with Crippen molar-refractivity contribution in [1.29, 1.82) is 0 Å². The van der Waals surface area contributed by atoms with Crippen molar-refractivity contribution in [3.05, 3.63) is 58.1 Å². The van der Waals surface area contributed by atoms with Crippen LogP contribution in [0.25, 0.3) is 0 Å². The first-order chi connectivity index (χ1) is 12.7. The predicted molar refractivity (Wildman–Crippen MR) is 99.4 cm³/mol. The topological polar surface area (TPSA) is 83.8 Å². The number of hydrogen-bond acceptors (Lipinski definition) is 5. The van der Waals surface area contributed by atoms with E-state index in [9.17, 15) is 9.59 Å². The van der Waals surface area contributed by atoms with Crippen molar-refractivity contribution >= 4 is 28.3 Å². The van der Waals surface area contributed by atoms with Gasteiger partial charge in [-0.05, 0) is 49.0 Å². The highest BCUT2D eigenvalue weighted by molar-refractivity contribution is 7.13. The van der Waals surface area contributed by atoms with Crippen LogP contribution in [0.4, 0.5) is 5.13 Å². The van der Waals surface area contributed by atoms with Gasteiger partial charge in [-0.15, -0.1) is 16.5 Å². The molecular weight excluding hydrogens is 348 g/mol. The highest BCUT2D eigenvalue weighted by atomic mass is 32.1. The van der Waals surface area contributed by atoms with E-state index >= 15 is 0 Å². The minimum Gasteiger partial charge on any atom is -0.298 e. The molecule has 1 N–H and O–H groups in total. The van der Waals surface area contributed by atoms with Crippen molar-refractivity contribution in [3.8, 4) is 0 Å². The molecule has 0 spiro atoms. The molecule has 4 rings (SSSR count). The molecule has 26 heavy (non-hydrogen) atoms. The summed E-state index contributed by atoms with van der Waals surface area (Å²) < 4.78 is 0. The van der Waals surface area contributed by atoms with Gasteiger partial charge < -0.3 is 0 Å². The summed E-state index contributed by atoms with van der Waals surface area (Å²) in [6.07, 6.45) is 6.15. The molecule has 6 nitrogen and oxygen atoms in total. The van der Waals surface area contributed by atoms with Gasteiger partial charge in [0.1, 0.15) is 0 Å². The summed E-state index contributed by atoms with van der Waals surface area (Å²) in [5.74, 6) is -0.354. The summed E-state index contributed by atoms with van der Waals surface area (Å²) in [7, 11) is 0. The number of nitrogens with one attached hydrogen (secondary N) is 1. The molecular formula is C19H18N4O2S. The van der Waals surface area contributed by atoms with Gasteiger partial charge in [-0.3, -0.25) is 14.9 Å². The molecule has 1 aliphatic heterocycles. The number of nitrogens with zero attached hydrogens (tertiary/aromatic N) is 3. The van der Waals surface area contributed by atoms with Gasteiger partial charge >= 0.3 is 0 Å². The van der Waals surface area contributed by atoms with Crippen molar-refractivity contribution in [2.75, 3.05) is 5.32 Å². The maximum absolute atomic E-state index is 12.4. The average Bonchev–Trinajstić information content (AvgIpc) is 3.17. The predicted octanol–water partition coefficient (Wildman–Crippen LogP) is 4.17. The number of anilines is 1. The van der Waals surface area contributed by atoms with Crippen molar-refractivity contribution in [2.24, 2.45) is 10.2 Å². The molecule has 1 unspecified atom stereocenters. The Bertz CT molecular complexity index is 902. The van der Waals surface area contributed by atoms with E-state index in [0.29, 0.717) is 17.1 Å². The van der Waals surface area contributed by atoms with Crippen LogP contribution in [-0.4, -0.2) is 22.8 Å². The summed E-state index contributed by atoms with van der Waals surface area (Å²) in [6, 6.07) is 7.41. The Morgan fingerprint density at radius 2 is 2.15 bits per heavy atom. The maximum atomic E-state index is 12.4. The van der Waals surface area contributed by atoms with Crippen molar-refractivity contribution in [1.82, 2.24) is 4.98 Å². The minimum atomic E-state index is -0.181. The fourth-order valence-electron chi connectivity index (χ4n) is 3.47. The second-order valence-electron chi connectivity index (χ2n) is 6.44. The van der Waals surface area contributed by atoms with Gasteiger partial charge in [-0.1, -0.05) is 12.1 Å². The molecule has 2 aliphatic rings. The first-order valence-electron chi connectivity index (χ1n) is 8.67.